The van der Waals surface area contributed by atoms with Crippen molar-refractivity contribution in [3.05, 3.63) is 53.9 Å². The van der Waals surface area contributed by atoms with Gasteiger partial charge < -0.3 is 30.1 Å². The van der Waals surface area contributed by atoms with Crippen molar-refractivity contribution in [3.63, 3.8) is 0 Å². The number of carbonyl (C=O) groups excluding carboxylic acids is 3. The van der Waals surface area contributed by atoms with E-state index in [0.29, 0.717) is 29.6 Å². The second-order valence-electron chi connectivity index (χ2n) is 12.8. The number of para-hydroxylation sites is 2. The number of rotatable bonds is 16. The molecule has 0 spiro atoms. The number of aromatic nitrogens is 2. The standard InChI is InChI=1S/C37H47N5O7S/c1-3-5-6-7-8-9-19-29(41-37(47)49-24-15-10-11-16-24)35(44)42-23-25(22-30(42)33(43)39-26(4-2)36(45)46)48-34-32(31-20-14-21-50-31)38-27-17-12-13-18-28(27)40-34/h3,5,12-14,17-18,20-21,24-26,29-30H,4,6-11,15-16,19,22-23H2,1-2H3,(H,39,43)(H,41,47)(H,45,46)/b5-3-/t25-,26+,29+,30+/m1/s1. The second-order valence-corrected chi connectivity index (χ2v) is 13.8. The number of carboxylic acid groups (broad SMARTS) is 1. The van der Waals surface area contributed by atoms with Crippen LogP contribution in [0.15, 0.2) is 53.9 Å². The molecule has 4 atom stereocenters. The first-order chi connectivity index (χ1) is 24.3. The molecule has 3 N–H and O–H groups in total. The molecule has 13 heteroatoms. The van der Waals surface area contributed by atoms with Crippen molar-refractivity contribution >= 4 is 46.2 Å². The second kappa shape index (κ2) is 17.9. The maximum atomic E-state index is 14.4. The van der Waals surface area contributed by atoms with Gasteiger partial charge in [0.2, 0.25) is 17.7 Å². The van der Waals surface area contributed by atoms with Gasteiger partial charge in [-0.15, -0.1) is 11.3 Å². The van der Waals surface area contributed by atoms with Gasteiger partial charge in [0.1, 0.15) is 36.0 Å². The van der Waals surface area contributed by atoms with Crippen LogP contribution in [-0.4, -0.2) is 80.7 Å². The molecule has 5 rings (SSSR count). The number of thiophene rings is 1. The Labute approximate surface area is 296 Å². The Morgan fingerprint density at radius 1 is 1.00 bits per heavy atom. The summed E-state index contributed by atoms with van der Waals surface area (Å²) in [7, 11) is 0. The number of fused-ring (bicyclic) bond motifs is 1. The number of carboxylic acids is 1. The van der Waals surface area contributed by atoms with Gasteiger partial charge in [-0.2, -0.15) is 0 Å². The molecule has 0 radical (unpaired) electrons. The Hall–Kier alpha value is -4.52. The highest BCUT2D eigenvalue weighted by Crippen LogP contribution is 2.34. The Bertz CT molecular complexity index is 1640. The van der Waals surface area contributed by atoms with Crippen LogP contribution in [0.5, 0.6) is 5.88 Å². The highest BCUT2D eigenvalue weighted by molar-refractivity contribution is 7.13. The molecule has 0 unspecified atom stereocenters. The summed E-state index contributed by atoms with van der Waals surface area (Å²) in [4.78, 5) is 64.9. The van der Waals surface area contributed by atoms with E-state index in [1.54, 1.807) is 6.92 Å². The van der Waals surface area contributed by atoms with E-state index in [1.165, 1.54) is 16.2 Å². The van der Waals surface area contributed by atoms with Crippen molar-refractivity contribution in [2.24, 2.45) is 0 Å². The Balaban J connectivity index is 1.40. The number of hydrogen-bond donors (Lipinski definition) is 3. The number of likely N-dealkylation sites (tertiary alicyclic amines) is 1. The maximum absolute atomic E-state index is 14.4. The zero-order valence-corrected chi connectivity index (χ0v) is 29.5. The Kier molecular flexibility index (Phi) is 13.2. The van der Waals surface area contributed by atoms with Crippen LogP contribution in [0.1, 0.15) is 84.5 Å². The summed E-state index contributed by atoms with van der Waals surface area (Å²) in [5.74, 6) is -1.93. The average molecular weight is 706 g/mol. The number of benzene rings is 1. The van der Waals surface area contributed by atoms with E-state index in [4.69, 9.17) is 19.4 Å². The predicted molar refractivity (Wildman–Crippen MR) is 191 cm³/mol. The molecule has 2 aromatic heterocycles. The van der Waals surface area contributed by atoms with Crippen LogP contribution in [0, 0.1) is 0 Å². The van der Waals surface area contributed by atoms with Crippen LogP contribution in [-0.2, 0) is 19.1 Å². The molecule has 1 aromatic carbocycles. The van der Waals surface area contributed by atoms with Crippen molar-refractivity contribution in [1.29, 1.82) is 0 Å². The van der Waals surface area contributed by atoms with Crippen LogP contribution in [0.3, 0.4) is 0 Å². The molecule has 3 heterocycles. The fraction of sp³-hybridized carbons (Fsp3) is 0.514. The van der Waals surface area contributed by atoms with E-state index >= 15 is 0 Å². The first-order valence-electron chi connectivity index (χ1n) is 17.7. The van der Waals surface area contributed by atoms with Crippen LogP contribution in [0.4, 0.5) is 4.79 Å². The number of amides is 3. The number of allylic oxidation sites excluding steroid dienone is 2. The zero-order chi connectivity index (χ0) is 35.5. The van der Waals surface area contributed by atoms with Crippen molar-refractivity contribution in [1.82, 2.24) is 25.5 Å². The van der Waals surface area contributed by atoms with Crippen molar-refractivity contribution in [2.45, 2.75) is 115 Å². The van der Waals surface area contributed by atoms with Crippen LogP contribution >= 0.6 is 11.3 Å². The van der Waals surface area contributed by atoms with Gasteiger partial charge in [-0.25, -0.2) is 19.6 Å². The normalized spacial score (nSPS) is 19.0. The van der Waals surface area contributed by atoms with Gasteiger partial charge in [0.25, 0.3) is 0 Å². The fourth-order valence-corrected chi connectivity index (χ4v) is 7.23. The molecule has 2 aliphatic rings. The number of alkyl carbamates (subject to hydrolysis) is 1. The minimum Gasteiger partial charge on any atom is -0.480 e. The number of unbranched alkanes of at least 4 members (excludes halogenated alkanes) is 3. The minimum absolute atomic E-state index is 0.0241. The zero-order valence-electron chi connectivity index (χ0n) is 28.7. The summed E-state index contributed by atoms with van der Waals surface area (Å²) in [5, 5.41) is 17.0. The van der Waals surface area contributed by atoms with Crippen LogP contribution in [0.25, 0.3) is 21.6 Å². The molecule has 0 bridgehead atoms. The fourth-order valence-electron chi connectivity index (χ4n) is 6.52. The first-order valence-corrected chi connectivity index (χ1v) is 18.5. The van der Waals surface area contributed by atoms with E-state index in [9.17, 15) is 24.3 Å². The molecule has 1 aliphatic carbocycles. The highest BCUT2D eigenvalue weighted by Gasteiger charge is 2.44. The highest BCUT2D eigenvalue weighted by atomic mass is 32.1. The quantitative estimate of drug-likeness (QED) is 0.116. The molecule has 1 saturated heterocycles. The SMILES string of the molecule is C/C=C\CCCCC[C@H](NC(=O)OC1CCCC1)C(=O)N1C[C@H](Oc2nc3ccccc3nc2-c2cccs2)C[C@H]1C(=O)N[C@@H](CC)C(=O)O. The third-order valence-electron chi connectivity index (χ3n) is 9.21. The van der Waals surface area contributed by atoms with Crippen molar-refractivity contribution in [2.75, 3.05) is 6.54 Å². The third-order valence-corrected chi connectivity index (χ3v) is 10.1. The Morgan fingerprint density at radius 3 is 2.44 bits per heavy atom. The number of carbonyl (C=O) groups is 4. The molecular formula is C37H47N5O7S. The lowest BCUT2D eigenvalue weighted by Crippen LogP contribution is -2.55. The largest absolute Gasteiger partial charge is 0.480 e. The summed E-state index contributed by atoms with van der Waals surface area (Å²) in [6.45, 7) is 3.67. The van der Waals surface area contributed by atoms with Crippen molar-refractivity contribution < 1.29 is 33.8 Å². The summed E-state index contributed by atoms with van der Waals surface area (Å²) in [6, 6.07) is 8.19. The summed E-state index contributed by atoms with van der Waals surface area (Å²) in [6.07, 6.45) is 10.2. The summed E-state index contributed by atoms with van der Waals surface area (Å²) >= 11 is 1.49. The molecule has 12 nitrogen and oxygen atoms in total. The number of aliphatic carboxylic acids is 1. The van der Waals surface area contributed by atoms with Crippen molar-refractivity contribution in [3.8, 4) is 16.5 Å². The van der Waals surface area contributed by atoms with E-state index in [0.717, 1.165) is 49.8 Å². The topological polar surface area (TPSA) is 160 Å². The number of nitrogens with zero attached hydrogens (tertiary/aromatic N) is 3. The van der Waals surface area contributed by atoms with E-state index < -0.39 is 48.1 Å². The van der Waals surface area contributed by atoms with Gasteiger partial charge in [0, 0.05) is 6.42 Å². The molecule has 268 valence electrons. The Morgan fingerprint density at radius 2 is 1.76 bits per heavy atom. The summed E-state index contributed by atoms with van der Waals surface area (Å²) < 4.78 is 12.1. The van der Waals surface area contributed by atoms with Gasteiger partial charge in [-0.05, 0) is 81.9 Å². The van der Waals surface area contributed by atoms with Gasteiger partial charge in [0.15, 0.2) is 0 Å². The monoisotopic (exact) mass is 705 g/mol. The van der Waals surface area contributed by atoms with E-state index in [1.807, 2.05) is 54.8 Å². The molecule has 3 aromatic rings. The van der Waals surface area contributed by atoms with Crippen LogP contribution in [0.2, 0.25) is 0 Å². The smallest absolute Gasteiger partial charge is 0.408 e. The molecule has 2 fully saturated rings. The van der Waals surface area contributed by atoms with Gasteiger partial charge >= 0.3 is 12.1 Å². The minimum atomic E-state index is -1.16. The number of nitrogens with one attached hydrogen (secondary N) is 2. The molecule has 1 aliphatic heterocycles. The molecule has 1 saturated carbocycles. The number of ether oxygens (including phenoxy) is 2. The molecular weight excluding hydrogens is 659 g/mol. The third kappa shape index (κ3) is 9.58. The van der Waals surface area contributed by atoms with Gasteiger partial charge in [-0.1, -0.05) is 50.1 Å². The summed E-state index contributed by atoms with van der Waals surface area (Å²) in [5.41, 5.74) is 1.88. The lowest BCUT2D eigenvalue weighted by atomic mass is 10.0. The van der Waals surface area contributed by atoms with Gasteiger partial charge in [-0.3, -0.25) is 9.59 Å². The lowest BCUT2D eigenvalue weighted by Gasteiger charge is -2.29. The maximum Gasteiger partial charge on any atom is 0.408 e. The van der Waals surface area contributed by atoms with E-state index in [-0.39, 0.29) is 31.4 Å². The number of hydrogen-bond acceptors (Lipinski definition) is 9. The molecule has 50 heavy (non-hydrogen) atoms. The average Bonchev–Trinajstić information content (AvgIpc) is 3.91. The first kappa shape index (κ1) is 36.8. The molecule has 3 amide bonds. The predicted octanol–water partition coefficient (Wildman–Crippen LogP) is 6.25. The lowest BCUT2D eigenvalue weighted by molar-refractivity contribution is -0.144. The van der Waals surface area contributed by atoms with E-state index in [2.05, 4.69) is 16.7 Å². The van der Waals surface area contributed by atoms with Crippen LogP contribution < -0.4 is 15.4 Å². The van der Waals surface area contributed by atoms with Gasteiger partial charge in [0.05, 0.1) is 22.5 Å².